The van der Waals surface area contributed by atoms with E-state index in [1.165, 1.54) is 11.9 Å². The van der Waals surface area contributed by atoms with Crippen LogP contribution in [0.1, 0.15) is 22.6 Å². The minimum atomic E-state index is 0.0957. The van der Waals surface area contributed by atoms with Crippen LogP contribution in [0.2, 0.25) is 0 Å². The number of benzene rings is 1. The first-order valence-corrected chi connectivity index (χ1v) is 7.48. The van der Waals surface area contributed by atoms with Gasteiger partial charge in [-0.1, -0.05) is 36.4 Å². The van der Waals surface area contributed by atoms with Crippen molar-refractivity contribution in [3.63, 3.8) is 0 Å². The number of hydrogen-bond acceptors (Lipinski definition) is 4. The van der Waals surface area contributed by atoms with Crippen molar-refractivity contribution in [2.75, 3.05) is 0 Å². The van der Waals surface area contributed by atoms with E-state index < -0.39 is 0 Å². The lowest BCUT2D eigenvalue weighted by molar-refractivity contribution is 0.512. The molecule has 2 aromatic heterocycles. The number of pyridine rings is 1. The number of aryl methyl sites for hydroxylation is 2. The molecule has 4 nitrogen and oxygen atoms in total. The van der Waals surface area contributed by atoms with E-state index in [0.29, 0.717) is 11.4 Å². The first-order valence-electron chi connectivity index (χ1n) is 7.48. The first kappa shape index (κ1) is 14.9. The summed E-state index contributed by atoms with van der Waals surface area (Å²) < 4.78 is 0. The Bertz CT molecular complexity index is 786. The lowest BCUT2D eigenvalue weighted by atomic mass is 10.1. The first-order chi connectivity index (χ1) is 11.3. The molecule has 3 aromatic rings. The van der Waals surface area contributed by atoms with Crippen LogP contribution in [0.15, 0.2) is 67.1 Å². The number of hydrogen-bond donors (Lipinski definition) is 1. The van der Waals surface area contributed by atoms with Crippen molar-refractivity contribution in [3.05, 3.63) is 89.8 Å². The third-order valence-electron chi connectivity index (χ3n) is 3.47. The number of aromatic nitrogens is 3. The summed E-state index contributed by atoms with van der Waals surface area (Å²) in [6.07, 6.45) is 6.53. The van der Waals surface area contributed by atoms with Gasteiger partial charge in [-0.05, 0) is 36.6 Å². The molecule has 0 fully saturated rings. The van der Waals surface area contributed by atoms with Crippen LogP contribution >= 0.6 is 0 Å². The van der Waals surface area contributed by atoms with Crippen molar-refractivity contribution in [1.29, 1.82) is 0 Å². The van der Waals surface area contributed by atoms with Crippen molar-refractivity contribution in [2.24, 2.45) is 0 Å². The molecule has 0 atom stereocenters. The Morgan fingerprint density at radius 2 is 1.74 bits per heavy atom. The molecule has 0 amide bonds. The lowest BCUT2D eigenvalue weighted by Crippen LogP contribution is -1.97. The average Bonchev–Trinajstić information content (AvgIpc) is 2.62. The minimum absolute atomic E-state index is 0.0957. The molecule has 0 unspecified atom stereocenters. The summed E-state index contributed by atoms with van der Waals surface area (Å²) in [4.78, 5) is 12.6. The highest BCUT2D eigenvalue weighted by Crippen LogP contribution is 2.13. The molecule has 0 saturated carbocycles. The smallest absolute Gasteiger partial charge is 0.143 e. The maximum Gasteiger partial charge on any atom is 0.143 e. The second-order valence-corrected chi connectivity index (χ2v) is 5.16. The molecule has 0 aliphatic rings. The molecule has 114 valence electrons. The highest BCUT2D eigenvalue weighted by molar-refractivity contribution is 5.73. The van der Waals surface area contributed by atoms with Crippen molar-refractivity contribution >= 4 is 11.8 Å². The molecule has 0 aliphatic heterocycles. The molecule has 0 aliphatic carbocycles. The standard InChI is InChI=1S/C19H17N3O/c23-19(18-8-4-5-11-20-18)13-17-12-16(21-14-22-17)10-9-15-6-2-1-3-7-15/h1-8,11-14,23H,9-10H2/b19-13-. The van der Waals surface area contributed by atoms with E-state index in [-0.39, 0.29) is 5.76 Å². The molecule has 0 bridgehead atoms. The van der Waals surface area contributed by atoms with Crippen molar-refractivity contribution in [2.45, 2.75) is 12.8 Å². The Morgan fingerprint density at radius 3 is 2.52 bits per heavy atom. The summed E-state index contributed by atoms with van der Waals surface area (Å²) in [6.45, 7) is 0. The third-order valence-corrected chi connectivity index (χ3v) is 3.47. The van der Waals surface area contributed by atoms with Crippen molar-refractivity contribution in [1.82, 2.24) is 15.0 Å². The Kier molecular flexibility index (Phi) is 4.74. The number of aliphatic hydroxyl groups is 1. The van der Waals surface area contributed by atoms with E-state index in [1.807, 2.05) is 36.4 Å². The van der Waals surface area contributed by atoms with Crippen LogP contribution in [0.5, 0.6) is 0 Å². The van der Waals surface area contributed by atoms with Gasteiger partial charge < -0.3 is 5.11 Å². The maximum atomic E-state index is 10.1. The zero-order chi connectivity index (χ0) is 15.9. The van der Waals surface area contributed by atoms with Crippen LogP contribution < -0.4 is 0 Å². The van der Waals surface area contributed by atoms with Gasteiger partial charge in [-0.25, -0.2) is 9.97 Å². The second kappa shape index (κ2) is 7.31. The monoisotopic (exact) mass is 303 g/mol. The number of aliphatic hydroxyl groups excluding tert-OH is 1. The van der Waals surface area contributed by atoms with Crippen LogP contribution in [-0.4, -0.2) is 20.1 Å². The second-order valence-electron chi connectivity index (χ2n) is 5.16. The Morgan fingerprint density at radius 1 is 0.913 bits per heavy atom. The summed E-state index contributed by atoms with van der Waals surface area (Å²) in [5.74, 6) is 0.0957. The molecule has 4 heteroatoms. The third kappa shape index (κ3) is 4.23. The van der Waals surface area contributed by atoms with Gasteiger partial charge in [-0.2, -0.15) is 0 Å². The quantitative estimate of drug-likeness (QED) is 0.730. The summed E-state index contributed by atoms with van der Waals surface area (Å²) in [5, 5.41) is 10.1. The van der Waals surface area contributed by atoms with E-state index in [1.54, 1.807) is 18.3 Å². The minimum Gasteiger partial charge on any atom is -0.506 e. The summed E-state index contributed by atoms with van der Waals surface area (Å²) in [6, 6.07) is 17.6. The fourth-order valence-electron chi connectivity index (χ4n) is 2.28. The van der Waals surface area contributed by atoms with Gasteiger partial charge in [0.15, 0.2) is 0 Å². The zero-order valence-electron chi connectivity index (χ0n) is 12.6. The van der Waals surface area contributed by atoms with E-state index in [9.17, 15) is 5.11 Å². The zero-order valence-corrected chi connectivity index (χ0v) is 12.6. The van der Waals surface area contributed by atoms with E-state index in [2.05, 4.69) is 27.1 Å². The van der Waals surface area contributed by atoms with Gasteiger partial charge in [0.1, 0.15) is 17.8 Å². The van der Waals surface area contributed by atoms with Crippen molar-refractivity contribution in [3.8, 4) is 0 Å². The summed E-state index contributed by atoms with van der Waals surface area (Å²) in [5.41, 5.74) is 3.42. The fourth-order valence-corrected chi connectivity index (χ4v) is 2.28. The maximum absolute atomic E-state index is 10.1. The predicted molar refractivity (Wildman–Crippen MR) is 90.6 cm³/mol. The van der Waals surface area contributed by atoms with Crippen LogP contribution in [0, 0.1) is 0 Å². The number of rotatable bonds is 5. The SMILES string of the molecule is O/C(=C\c1cc(CCc2ccccc2)ncn1)c1ccccn1. The Labute approximate surface area is 135 Å². The van der Waals surface area contributed by atoms with Gasteiger partial charge >= 0.3 is 0 Å². The molecular formula is C19H17N3O. The van der Waals surface area contributed by atoms with Gasteiger partial charge in [-0.3, -0.25) is 4.98 Å². The molecule has 0 saturated heterocycles. The fraction of sp³-hybridized carbons (Fsp3) is 0.105. The van der Waals surface area contributed by atoms with Gasteiger partial charge in [-0.15, -0.1) is 0 Å². The molecular weight excluding hydrogens is 286 g/mol. The van der Waals surface area contributed by atoms with E-state index in [0.717, 1.165) is 18.5 Å². The summed E-state index contributed by atoms with van der Waals surface area (Å²) >= 11 is 0. The van der Waals surface area contributed by atoms with Gasteiger partial charge in [0.05, 0.1) is 5.69 Å². The molecule has 1 aromatic carbocycles. The molecule has 0 radical (unpaired) electrons. The van der Waals surface area contributed by atoms with Crippen LogP contribution in [0.3, 0.4) is 0 Å². The van der Waals surface area contributed by atoms with E-state index in [4.69, 9.17) is 0 Å². The van der Waals surface area contributed by atoms with Gasteiger partial charge in [0, 0.05) is 18.0 Å². The van der Waals surface area contributed by atoms with E-state index >= 15 is 0 Å². The normalized spacial score (nSPS) is 11.4. The molecule has 1 N–H and O–H groups in total. The highest BCUT2D eigenvalue weighted by atomic mass is 16.3. The molecule has 23 heavy (non-hydrogen) atoms. The number of nitrogens with zero attached hydrogens (tertiary/aromatic N) is 3. The predicted octanol–water partition coefficient (Wildman–Crippen LogP) is 3.71. The average molecular weight is 303 g/mol. The van der Waals surface area contributed by atoms with Crippen LogP contribution in [0.25, 0.3) is 11.8 Å². The lowest BCUT2D eigenvalue weighted by Gasteiger charge is -2.03. The van der Waals surface area contributed by atoms with Crippen LogP contribution in [-0.2, 0) is 12.8 Å². The van der Waals surface area contributed by atoms with Crippen LogP contribution in [0.4, 0.5) is 0 Å². The van der Waals surface area contributed by atoms with Gasteiger partial charge in [0.25, 0.3) is 0 Å². The largest absolute Gasteiger partial charge is 0.506 e. The molecule has 2 heterocycles. The molecule has 3 rings (SSSR count). The Balaban J connectivity index is 1.72. The van der Waals surface area contributed by atoms with Crippen molar-refractivity contribution < 1.29 is 5.11 Å². The Hall–Kier alpha value is -3.01. The van der Waals surface area contributed by atoms with Gasteiger partial charge in [0.2, 0.25) is 0 Å². The summed E-state index contributed by atoms with van der Waals surface area (Å²) in [7, 11) is 0. The topological polar surface area (TPSA) is 58.9 Å². The highest BCUT2D eigenvalue weighted by Gasteiger charge is 2.03. The molecule has 0 spiro atoms.